The Hall–Kier alpha value is -1.00. The molecule has 0 aromatic rings. The predicted octanol–water partition coefficient (Wildman–Crippen LogP) is 2.18. The molecule has 0 aromatic heterocycles. The van der Waals surface area contributed by atoms with Gasteiger partial charge in [-0.25, -0.2) is 9.59 Å². The van der Waals surface area contributed by atoms with Crippen LogP contribution >= 0.6 is 23.2 Å². The molecule has 0 aromatic carbocycles. The van der Waals surface area contributed by atoms with E-state index in [1.54, 1.807) is 0 Å². The second-order valence-corrected chi connectivity index (χ2v) is 3.32. The second-order valence-electron chi connectivity index (χ2n) is 2.37. The first kappa shape index (κ1) is 13.0. The van der Waals surface area contributed by atoms with Crippen LogP contribution in [0.15, 0.2) is 22.2 Å². The van der Waals surface area contributed by atoms with Crippen molar-refractivity contribution < 1.29 is 19.8 Å². The van der Waals surface area contributed by atoms with Crippen LogP contribution in [0.25, 0.3) is 0 Å². The van der Waals surface area contributed by atoms with E-state index in [9.17, 15) is 9.59 Å². The molecule has 0 atom stereocenters. The van der Waals surface area contributed by atoms with E-state index in [2.05, 4.69) is 0 Å². The normalized spacial score (nSPS) is 13.1. The van der Waals surface area contributed by atoms with Gasteiger partial charge in [-0.15, -0.1) is 0 Å². The number of allylic oxidation sites excluding steroid dienone is 1. The van der Waals surface area contributed by atoms with Crippen LogP contribution in [0.4, 0.5) is 0 Å². The molecule has 1 saturated carbocycles. The van der Waals surface area contributed by atoms with Gasteiger partial charge in [-0.1, -0.05) is 23.2 Å². The Kier molecular flexibility index (Phi) is 5.99. The van der Waals surface area contributed by atoms with Gasteiger partial charge in [-0.2, -0.15) is 0 Å². The fraction of sp³-hybridized carbons (Fsp3) is 0.250. The van der Waals surface area contributed by atoms with E-state index in [1.165, 1.54) is 5.57 Å². The Morgan fingerprint density at radius 1 is 1.07 bits per heavy atom. The third-order valence-corrected chi connectivity index (χ3v) is 1.67. The molecule has 1 rings (SSSR count). The smallest absolute Gasteiger partial charge is 0.328 e. The molecule has 1 aliphatic rings. The summed E-state index contributed by atoms with van der Waals surface area (Å²) in [5.41, 5.74) is 1.21. The molecular formula is C8H8Cl2O4. The lowest BCUT2D eigenvalue weighted by molar-refractivity contribution is -0.134. The average molecular weight is 239 g/mol. The Bertz CT molecular complexity index is 268. The molecule has 0 heterocycles. The Labute approximate surface area is 90.4 Å². The molecule has 0 aliphatic heterocycles. The zero-order chi connectivity index (χ0) is 11.1. The van der Waals surface area contributed by atoms with E-state index in [0.29, 0.717) is 16.6 Å². The summed E-state index contributed by atoms with van der Waals surface area (Å²) >= 11 is 10.6. The largest absolute Gasteiger partial charge is 0.478 e. The SMILES string of the molecule is ClC(Cl)=C1CC1.O=C(O)/C=C\C(=O)O. The van der Waals surface area contributed by atoms with E-state index in [4.69, 9.17) is 33.4 Å². The average Bonchev–Trinajstić information content (AvgIpc) is 2.83. The van der Waals surface area contributed by atoms with Gasteiger partial charge in [-0.05, 0) is 18.4 Å². The van der Waals surface area contributed by atoms with Crippen molar-refractivity contribution in [3.63, 3.8) is 0 Å². The third-order valence-electron chi connectivity index (χ3n) is 1.14. The molecular weight excluding hydrogens is 231 g/mol. The molecule has 0 saturated heterocycles. The van der Waals surface area contributed by atoms with E-state index in [0.717, 1.165) is 12.8 Å². The standard InChI is InChI=1S/C4H4Cl2.C4H4O4/c5-4(6)3-1-2-3;5-3(6)1-2-4(7)8/h1-2H2;1-2H,(H,5,6)(H,7,8)/b;2-1-. The first-order valence-corrected chi connectivity index (χ1v) is 4.36. The molecule has 0 unspecified atom stereocenters. The molecule has 0 amide bonds. The van der Waals surface area contributed by atoms with Crippen LogP contribution in [0.5, 0.6) is 0 Å². The molecule has 4 nitrogen and oxygen atoms in total. The zero-order valence-corrected chi connectivity index (χ0v) is 8.55. The summed E-state index contributed by atoms with van der Waals surface area (Å²) in [6.07, 6.45) is 3.34. The zero-order valence-electron chi connectivity index (χ0n) is 7.04. The minimum Gasteiger partial charge on any atom is -0.478 e. The molecule has 1 fully saturated rings. The summed E-state index contributed by atoms with van der Waals surface area (Å²) in [7, 11) is 0. The number of carboxylic acids is 2. The number of carbonyl (C=O) groups is 2. The highest BCUT2D eigenvalue weighted by molar-refractivity contribution is 6.56. The molecule has 6 heteroatoms. The van der Waals surface area contributed by atoms with Gasteiger partial charge in [-0.3, -0.25) is 0 Å². The van der Waals surface area contributed by atoms with Crippen molar-refractivity contribution in [1.29, 1.82) is 0 Å². The maximum Gasteiger partial charge on any atom is 0.328 e. The molecule has 0 radical (unpaired) electrons. The Balaban J connectivity index is 0.000000249. The third kappa shape index (κ3) is 9.09. The first-order chi connectivity index (χ1) is 6.43. The number of rotatable bonds is 2. The van der Waals surface area contributed by atoms with Gasteiger partial charge < -0.3 is 10.2 Å². The van der Waals surface area contributed by atoms with Crippen molar-refractivity contribution in [2.75, 3.05) is 0 Å². The van der Waals surface area contributed by atoms with E-state index in [-0.39, 0.29) is 0 Å². The highest BCUT2D eigenvalue weighted by atomic mass is 35.5. The van der Waals surface area contributed by atoms with Crippen LogP contribution in [-0.2, 0) is 9.59 Å². The van der Waals surface area contributed by atoms with E-state index >= 15 is 0 Å². The quantitative estimate of drug-likeness (QED) is 0.724. The fourth-order valence-corrected chi connectivity index (χ4v) is 0.772. The summed E-state index contributed by atoms with van der Waals surface area (Å²) < 4.78 is 0.481. The van der Waals surface area contributed by atoms with Crippen molar-refractivity contribution in [3.05, 3.63) is 22.2 Å². The van der Waals surface area contributed by atoms with Crippen molar-refractivity contribution in [1.82, 2.24) is 0 Å². The molecule has 0 spiro atoms. The van der Waals surface area contributed by atoms with Crippen LogP contribution in [-0.4, -0.2) is 22.2 Å². The van der Waals surface area contributed by atoms with Crippen LogP contribution in [0, 0.1) is 0 Å². The number of aliphatic carboxylic acids is 2. The fourth-order valence-electron chi connectivity index (χ4n) is 0.394. The summed E-state index contributed by atoms with van der Waals surface area (Å²) in [4.78, 5) is 19.1. The van der Waals surface area contributed by atoms with Crippen molar-refractivity contribution >= 4 is 35.1 Å². The minimum absolute atomic E-state index is 0.481. The van der Waals surface area contributed by atoms with Crippen LogP contribution in [0.3, 0.4) is 0 Å². The van der Waals surface area contributed by atoms with Gasteiger partial charge in [0.15, 0.2) is 0 Å². The number of hydrogen-bond acceptors (Lipinski definition) is 2. The lowest BCUT2D eigenvalue weighted by atomic mass is 10.5. The highest BCUT2D eigenvalue weighted by Gasteiger charge is 2.14. The van der Waals surface area contributed by atoms with Crippen LogP contribution < -0.4 is 0 Å². The summed E-state index contributed by atoms with van der Waals surface area (Å²) in [6.45, 7) is 0. The highest BCUT2D eigenvalue weighted by Crippen LogP contribution is 2.34. The van der Waals surface area contributed by atoms with Crippen molar-refractivity contribution in [3.8, 4) is 0 Å². The molecule has 0 bridgehead atoms. The van der Waals surface area contributed by atoms with E-state index < -0.39 is 11.9 Å². The lowest BCUT2D eigenvalue weighted by Gasteiger charge is -1.74. The van der Waals surface area contributed by atoms with Gasteiger partial charge >= 0.3 is 11.9 Å². The molecule has 78 valence electrons. The van der Waals surface area contributed by atoms with Gasteiger partial charge in [0, 0.05) is 12.2 Å². The number of halogens is 2. The minimum atomic E-state index is -1.26. The van der Waals surface area contributed by atoms with Crippen LogP contribution in [0.2, 0.25) is 0 Å². The molecule has 1 aliphatic carbocycles. The lowest BCUT2D eigenvalue weighted by Crippen LogP contribution is -1.91. The number of carboxylic acid groups (broad SMARTS) is 2. The maximum absolute atomic E-state index is 9.55. The monoisotopic (exact) mass is 238 g/mol. The Morgan fingerprint density at radius 3 is 1.50 bits per heavy atom. The van der Waals surface area contributed by atoms with Gasteiger partial charge in [0.1, 0.15) is 4.49 Å². The second kappa shape index (κ2) is 6.45. The van der Waals surface area contributed by atoms with Gasteiger partial charge in [0.05, 0.1) is 0 Å². The van der Waals surface area contributed by atoms with Crippen molar-refractivity contribution in [2.45, 2.75) is 12.8 Å². The molecule has 2 N–H and O–H groups in total. The van der Waals surface area contributed by atoms with Gasteiger partial charge in [0.25, 0.3) is 0 Å². The maximum atomic E-state index is 9.55. The van der Waals surface area contributed by atoms with Crippen LogP contribution in [0.1, 0.15) is 12.8 Å². The summed E-state index contributed by atoms with van der Waals surface area (Å²) in [5.74, 6) is -2.51. The topological polar surface area (TPSA) is 74.6 Å². The summed E-state index contributed by atoms with van der Waals surface area (Å²) in [5, 5.41) is 15.6. The van der Waals surface area contributed by atoms with Gasteiger partial charge in [0.2, 0.25) is 0 Å². The molecule has 14 heavy (non-hydrogen) atoms. The summed E-state index contributed by atoms with van der Waals surface area (Å²) in [6, 6.07) is 0. The number of hydrogen-bond donors (Lipinski definition) is 2. The predicted molar refractivity (Wildman–Crippen MR) is 52.4 cm³/mol. The van der Waals surface area contributed by atoms with E-state index in [1.807, 2.05) is 0 Å². The Morgan fingerprint density at radius 2 is 1.43 bits per heavy atom. The van der Waals surface area contributed by atoms with Crippen molar-refractivity contribution in [2.24, 2.45) is 0 Å². The first-order valence-electron chi connectivity index (χ1n) is 3.60.